The van der Waals surface area contributed by atoms with Crippen molar-refractivity contribution in [3.8, 4) is 0 Å². The van der Waals surface area contributed by atoms with Crippen LogP contribution in [0.4, 0.5) is 0 Å². The van der Waals surface area contributed by atoms with E-state index in [1.165, 1.54) is 32.1 Å². The lowest BCUT2D eigenvalue weighted by Gasteiger charge is -2.29. The molecule has 3 rings (SSSR count). The third-order valence-electron chi connectivity index (χ3n) is 4.41. The molecule has 0 aromatic carbocycles. The Hall–Kier alpha value is -0.320. The maximum atomic E-state index is 12.0. The lowest BCUT2D eigenvalue weighted by atomic mass is 10.1. The van der Waals surface area contributed by atoms with Crippen LogP contribution in [0.2, 0.25) is 0 Å². The third kappa shape index (κ3) is 3.16. The van der Waals surface area contributed by atoms with Gasteiger partial charge in [0.2, 0.25) is 5.91 Å². The van der Waals surface area contributed by atoms with Crippen LogP contribution in [0.3, 0.4) is 0 Å². The van der Waals surface area contributed by atoms with Gasteiger partial charge < -0.3 is 10.6 Å². The van der Waals surface area contributed by atoms with Gasteiger partial charge in [0.05, 0.1) is 6.04 Å². The standard InChI is InChI=1S/C13H23N3O.ClH/c1-9(13(17)15-10-2-3-10)16-7-6-11-4-5-12(8-16)14-11;/h9-12,14H,2-8H2,1H3,(H,15,17);1H. The molecule has 3 fully saturated rings. The predicted octanol–water partition coefficient (Wildman–Crippen LogP) is 0.902. The van der Waals surface area contributed by atoms with E-state index in [0.29, 0.717) is 18.1 Å². The molecule has 18 heavy (non-hydrogen) atoms. The summed E-state index contributed by atoms with van der Waals surface area (Å²) in [6.45, 7) is 4.15. The molecule has 3 atom stereocenters. The molecular formula is C13H24ClN3O. The number of nitrogens with zero attached hydrogens (tertiary/aromatic N) is 1. The summed E-state index contributed by atoms with van der Waals surface area (Å²) in [6.07, 6.45) is 6.13. The highest BCUT2D eigenvalue weighted by Gasteiger charge is 2.34. The zero-order valence-corrected chi connectivity index (χ0v) is 11.8. The molecule has 0 spiro atoms. The van der Waals surface area contributed by atoms with Gasteiger partial charge in [0, 0.05) is 31.2 Å². The first-order valence-corrected chi connectivity index (χ1v) is 7.03. The van der Waals surface area contributed by atoms with E-state index in [1.54, 1.807) is 0 Å². The lowest BCUT2D eigenvalue weighted by Crippen LogP contribution is -2.48. The van der Waals surface area contributed by atoms with Crippen molar-refractivity contribution in [2.45, 2.75) is 63.2 Å². The molecule has 4 nitrogen and oxygen atoms in total. The fourth-order valence-electron chi connectivity index (χ4n) is 3.04. The van der Waals surface area contributed by atoms with Crippen molar-refractivity contribution in [3.63, 3.8) is 0 Å². The van der Waals surface area contributed by atoms with Crippen LogP contribution in [0.25, 0.3) is 0 Å². The molecule has 3 unspecified atom stereocenters. The van der Waals surface area contributed by atoms with E-state index in [0.717, 1.165) is 13.1 Å². The van der Waals surface area contributed by atoms with E-state index in [-0.39, 0.29) is 24.4 Å². The molecule has 2 saturated heterocycles. The molecular weight excluding hydrogens is 250 g/mol. The molecule has 104 valence electrons. The monoisotopic (exact) mass is 273 g/mol. The van der Waals surface area contributed by atoms with E-state index in [4.69, 9.17) is 0 Å². The number of fused-ring (bicyclic) bond motifs is 2. The predicted molar refractivity (Wildman–Crippen MR) is 74.0 cm³/mol. The van der Waals surface area contributed by atoms with Crippen molar-refractivity contribution in [2.75, 3.05) is 13.1 Å². The van der Waals surface area contributed by atoms with E-state index >= 15 is 0 Å². The van der Waals surface area contributed by atoms with Gasteiger partial charge in [-0.25, -0.2) is 0 Å². The van der Waals surface area contributed by atoms with Crippen LogP contribution in [0.5, 0.6) is 0 Å². The van der Waals surface area contributed by atoms with Crippen LogP contribution in [0, 0.1) is 0 Å². The minimum atomic E-state index is 0. The van der Waals surface area contributed by atoms with Gasteiger partial charge in [0.1, 0.15) is 0 Å². The molecule has 0 radical (unpaired) electrons. The second-order valence-electron chi connectivity index (χ2n) is 5.88. The summed E-state index contributed by atoms with van der Waals surface area (Å²) in [4.78, 5) is 14.4. The van der Waals surface area contributed by atoms with Crippen LogP contribution >= 0.6 is 12.4 Å². The Morgan fingerprint density at radius 1 is 1.22 bits per heavy atom. The maximum Gasteiger partial charge on any atom is 0.237 e. The topological polar surface area (TPSA) is 44.4 Å². The average Bonchev–Trinajstić information content (AvgIpc) is 3.02. The van der Waals surface area contributed by atoms with Crippen molar-refractivity contribution in [1.82, 2.24) is 15.5 Å². The Bertz CT molecular complexity index is 309. The van der Waals surface area contributed by atoms with Crippen LogP contribution in [0.15, 0.2) is 0 Å². The Kier molecular flexibility index (Phi) is 4.51. The zero-order chi connectivity index (χ0) is 11.8. The van der Waals surface area contributed by atoms with E-state index in [9.17, 15) is 4.79 Å². The van der Waals surface area contributed by atoms with Crippen molar-refractivity contribution in [2.24, 2.45) is 0 Å². The normalized spacial score (nSPS) is 33.4. The molecule has 1 saturated carbocycles. The third-order valence-corrected chi connectivity index (χ3v) is 4.41. The summed E-state index contributed by atoms with van der Waals surface area (Å²) < 4.78 is 0. The summed E-state index contributed by atoms with van der Waals surface area (Å²) in [5, 5.41) is 6.77. The van der Waals surface area contributed by atoms with E-state index < -0.39 is 0 Å². The van der Waals surface area contributed by atoms with Crippen molar-refractivity contribution in [1.29, 1.82) is 0 Å². The molecule has 3 aliphatic rings. The van der Waals surface area contributed by atoms with Gasteiger partial charge in [-0.3, -0.25) is 9.69 Å². The van der Waals surface area contributed by atoms with Crippen molar-refractivity contribution in [3.05, 3.63) is 0 Å². The number of likely N-dealkylation sites (tertiary alicyclic amines) is 1. The lowest BCUT2D eigenvalue weighted by molar-refractivity contribution is -0.126. The zero-order valence-electron chi connectivity index (χ0n) is 11.0. The highest BCUT2D eigenvalue weighted by atomic mass is 35.5. The van der Waals surface area contributed by atoms with Crippen LogP contribution < -0.4 is 10.6 Å². The maximum absolute atomic E-state index is 12.0. The van der Waals surface area contributed by atoms with E-state index in [1.807, 2.05) is 0 Å². The van der Waals surface area contributed by atoms with Gasteiger partial charge in [-0.1, -0.05) is 0 Å². The van der Waals surface area contributed by atoms with Gasteiger partial charge in [0.15, 0.2) is 0 Å². The fraction of sp³-hybridized carbons (Fsp3) is 0.923. The quantitative estimate of drug-likeness (QED) is 0.803. The van der Waals surface area contributed by atoms with Gasteiger partial charge in [-0.2, -0.15) is 0 Å². The summed E-state index contributed by atoms with van der Waals surface area (Å²) in [5.74, 6) is 0.227. The largest absolute Gasteiger partial charge is 0.352 e. The van der Waals surface area contributed by atoms with Crippen LogP contribution in [-0.4, -0.2) is 48.1 Å². The number of halogens is 1. The van der Waals surface area contributed by atoms with Gasteiger partial charge in [-0.15, -0.1) is 12.4 Å². The van der Waals surface area contributed by atoms with Crippen LogP contribution in [-0.2, 0) is 4.79 Å². The highest BCUT2D eigenvalue weighted by Crippen LogP contribution is 2.22. The van der Waals surface area contributed by atoms with Crippen molar-refractivity contribution < 1.29 is 4.79 Å². The summed E-state index contributed by atoms with van der Waals surface area (Å²) in [6, 6.07) is 1.82. The second-order valence-corrected chi connectivity index (χ2v) is 5.88. The first kappa shape index (κ1) is 14.1. The first-order chi connectivity index (χ1) is 8.22. The summed E-state index contributed by atoms with van der Waals surface area (Å²) in [5.41, 5.74) is 0. The minimum absolute atomic E-state index is 0. The number of amides is 1. The smallest absolute Gasteiger partial charge is 0.237 e. The molecule has 2 aliphatic heterocycles. The fourth-order valence-corrected chi connectivity index (χ4v) is 3.04. The molecule has 0 aromatic heterocycles. The Balaban J connectivity index is 0.00000120. The molecule has 1 amide bonds. The van der Waals surface area contributed by atoms with Gasteiger partial charge in [0.25, 0.3) is 0 Å². The number of hydrogen-bond acceptors (Lipinski definition) is 3. The van der Waals surface area contributed by atoms with Gasteiger partial charge >= 0.3 is 0 Å². The average molecular weight is 274 g/mol. The second kappa shape index (κ2) is 5.76. The van der Waals surface area contributed by atoms with Crippen molar-refractivity contribution >= 4 is 18.3 Å². The van der Waals surface area contributed by atoms with Crippen LogP contribution in [0.1, 0.15) is 39.0 Å². The first-order valence-electron chi connectivity index (χ1n) is 7.03. The Morgan fingerprint density at radius 3 is 2.67 bits per heavy atom. The minimum Gasteiger partial charge on any atom is -0.352 e. The SMILES string of the molecule is CC(C(=O)NC1CC1)N1CCC2CCC(C1)N2.Cl. The number of carbonyl (C=O) groups excluding carboxylic acids is 1. The number of nitrogens with one attached hydrogen (secondary N) is 2. The number of rotatable bonds is 3. The number of hydrogen-bond donors (Lipinski definition) is 2. The number of carbonyl (C=O) groups is 1. The molecule has 0 aromatic rings. The summed E-state index contributed by atoms with van der Waals surface area (Å²) >= 11 is 0. The molecule has 5 heteroatoms. The molecule has 1 aliphatic carbocycles. The van der Waals surface area contributed by atoms with E-state index in [2.05, 4.69) is 22.5 Å². The molecule has 2 bridgehead atoms. The summed E-state index contributed by atoms with van der Waals surface area (Å²) in [7, 11) is 0. The molecule has 2 N–H and O–H groups in total. The van der Waals surface area contributed by atoms with Gasteiger partial charge in [-0.05, 0) is 39.0 Å². The molecule has 2 heterocycles. The Morgan fingerprint density at radius 2 is 1.94 bits per heavy atom. The highest BCUT2D eigenvalue weighted by molar-refractivity contribution is 5.85. The Labute approximate surface area is 115 Å².